The lowest BCUT2D eigenvalue weighted by Gasteiger charge is -2.42. The van der Waals surface area contributed by atoms with Crippen molar-refractivity contribution in [1.82, 2.24) is 15.0 Å². The first-order valence-electron chi connectivity index (χ1n) is 10.7. The number of hydrogen-bond acceptors (Lipinski definition) is 6. The first kappa shape index (κ1) is 20.9. The number of nitrogens with zero attached hydrogens (tertiary/aromatic N) is 3. The van der Waals surface area contributed by atoms with Gasteiger partial charge >= 0.3 is 0 Å². The molecule has 2 aliphatic rings. The summed E-state index contributed by atoms with van der Waals surface area (Å²) in [5.41, 5.74) is 0.968. The highest BCUT2D eigenvalue weighted by atomic mass is 32.1. The van der Waals surface area contributed by atoms with Gasteiger partial charge in [-0.3, -0.25) is 9.59 Å². The Morgan fingerprint density at radius 3 is 2.72 bits per heavy atom. The summed E-state index contributed by atoms with van der Waals surface area (Å²) in [6.45, 7) is 5.52. The summed E-state index contributed by atoms with van der Waals surface area (Å²) < 4.78 is 11.5. The Labute approximate surface area is 190 Å². The number of morpholine rings is 1. The van der Waals surface area contributed by atoms with E-state index in [-0.39, 0.29) is 24.3 Å². The number of amides is 2. The van der Waals surface area contributed by atoms with Gasteiger partial charge in [-0.1, -0.05) is 41.6 Å². The second-order valence-electron chi connectivity index (χ2n) is 8.39. The van der Waals surface area contributed by atoms with Gasteiger partial charge in [-0.25, -0.2) is 0 Å². The van der Waals surface area contributed by atoms with Crippen molar-refractivity contribution >= 4 is 23.2 Å². The number of hydrogen-bond donors (Lipinski definition) is 0. The van der Waals surface area contributed by atoms with Crippen LogP contribution in [-0.2, 0) is 16.1 Å². The lowest BCUT2D eigenvalue weighted by atomic mass is 9.83. The summed E-state index contributed by atoms with van der Waals surface area (Å²) in [4.78, 5) is 31.9. The van der Waals surface area contributed by atoms with Crippen molar-refractivity contribution in [3.8, 4) is 0 Å². The predicted octanol–water partition coefficient (Wildman–Crippen LogP) is 3.39. The van der Waals surface area contributed by atoms with Gasteiger partial charge < -0.3 is 19.1 Å². The van der Waals surface area contributed by atoms with E-state index < -0.39 is 5.60 Å². The second-order valence-corrected chi connectivity index (χ2v) is 9.42. The zero-order chi connectivity index (χ0) is 22.3. The predicted molar refractivity (Wildman–Crippen MR) is 119 cm³/mol. The molecule has 4 heterocycles. The zero-order valence-electron chi connectivity index (χ0n) is 18.1. The topological polar surface area (TPSA) is 75.9 Å². The molecular weight excluding hydrogens is 426 g/mol. The van der Waals surface area contributed by atoms with Gasteiger partial charge in [0.2, 0.25) is 0 Å². The van der Waals surface area contributed by atoms with Gasteiger partial charge in [0, 0.05) is 23.9 Å². The average Bonchev–Trinajstić information content (AvgIpc) is 3.50. The highest BCUT2D eigenvalue weighted by Gasteiger charge is 2.58. The third kappa shape index (κ3) is 3.43. The second kappa shape index (κ2) is 8.18. The molecule has 2 fully saturated rings. The molecule has 0 radical (unpaired) electrons. The minimum Gasteiger partial charge on any atom is -0.361 e. The van der Waals surface area contributed by atoms with Crippen LogP contribution >= 0.6 is 11.3 Å². The van der Waals surface area contributed by atoms with E-state index in [9.17, 15) is 9.59 Å². The molecule has 0 N–H and O–H groups in total. The number of carbonyl (C=O) groups is 2. The average molecular weight is 452 g/mol. The van der Waals surface area contributed by atoms with Gasteiger partial charge in [0.25, 0.3) is 11.8 Å². The van der Waals surface area contributed by atoms with Crippen molar-refractivity contribution in [3.05, 3.63) is 75.3 Å². The number of benzene rings is 1. The van der Waals surface area contributed by atoms with Crippen LogP contribution in [0, 0.1) is 13.8 Å². The van der Waals surface area contributed by atoms with Gasteiger partial charge in [0.05, 0.1) is 25.4 Å². The lowest BCUT2D eigenvalue weighted by Crippen LogP contribution is -2.59. The highest BCUT2D eigenvalue weighted by molar-refractivity contribution is 7.09. The maximum Gasteiger partial charge on any atom is 0.259 e. The Bertz CT molecular complexity index is 1110. The third-order valence-electron chi connectivity index (χ3n) is 6.42. The quantitative estimate of drug-likeness (QED) is 0.608. The van der Waals surface area contributed by atoms with Gasteiger partial charge in [-0.05, 0) is 30.9 Å². The molecule has 166 valence electrons. The molecule has 0 saturated carbocycles. The fourth-order valence-corrected chi connectivity index (χ4v) is 5.58. The van der Waals surface area contributed by atoms with Crippen LogP contribution in [-0.4, -0.2) is 58.6 Å². The highest BCUT2D eigenvalue weighted by Crippen LogP contribution is 2.43. The van der Waals surface area contributed by atoms with Crippen LogP contribution < -0.4 is 0 Å². The number of likely N-dealkylation sites (tertiary alicyclic amines) is 1. The molecule has 5 rings (SSSR count). The zero-order valence-corrected chi connectivity index (χ0v) is 18.9. The summed E-state index contributed by atoms with van der Waals surface area (Å²) in [6, 6.07) is 14.0. The molecule has 1 aromatic carbocycles. The lowest BCUT2D eigenvalue weighted by molar-refractivity contribution is -0.160. The van der Waals surface area contributed by atoms with Crippen LogP contribution in [0.4, 0.5) is 0 Å². The Kier molecular flexibility index (Phi) is 5.35. The van der Waals surface area contributed by atoms with Crippen LogP contribution in [0.25, 0.3) is 0 Å². The maximum atomic E-state index is 13.8. The van der Waals surface area contributed by atoms with Crippen LogP contribution in [0.1, 0.15) is 38.2 Å². The molecule has 2 saturated heterocycles. The van der Waals surface area contributed by atoms with Crippen molar-refractivity contribution in [2.24, 2.45) is 0 Å². The number of rotatable bonds is 4. The van der Waals surface area contributed by atoms with E-state index in [1.54, 1.807) is 30.1 Å². The molecule has 2 aliphatic heterocycles. The molecule has 2 atom stereocenters. The molecular formula is C24H25N3O4S. The SMILES string of the molecule is Cc1noc(C)c1C(=O)N1CCO[C@]2(C1)C(=O)N(Cc1cccs1)C[C@H]2c1ccccc1. The Morgan fingerprint density at radius 1 is 1.22 bits per heavy atom. The summed E-state index contributed by atoms with van der Waals surface area (Å²) in [7, 11) is 0. The summed E-state index contributed by atoms with van der Waals surface area (Å²) in [5, 5.41) is 5.94. The van der Waals surface area contributed by atoms with Crippen LogP contribution in [0.2, 0.25) is 0 Å². The number of thiophene rings is 1. The largest absolute Gasteiger partial charge is 0.361 e. The maximum absolute atomic E-state index is 13.8. The van der Waals surface area contributed by atoms with Crippen molar-refractivity contribution in [1.29, 1.82) is 0 Å². The minimum absolute atomic E-state index is 0.0592. The van der Waals surface area contributed by atoms with E-state index in [2.05, 4.69) is 5.16 Å². The third-order valence-corrected chi connectivity index (χ3v) is 7.29. The van der Waals surface area contributed by atoms with Crippen molar-refractivity contribution in [3.63, 3.8) is 0 Å². The van der Waals surface area contributed by atoms with E-state index >= 15 is 0 Å². The smallest absolute Gasteiger partial charge is 0.259 e. The Morgan fingerprint density at radius 2 is 2.03 bits per heavy atom. The first-order valence-corrected chi connectivity index (χ1v) is 11.6. The summed E-state index contributed by atoms with van der Waals surface area (Å²) >= 11 is 1.63. The molecule has 2 amide bonds. The molecule has 1 spiro atoms. The molecule has 2 aromatic heterocycles. The summed E-state index contributed by atoms with van der Waals surface area (Å²) in [5.74, 6) is 0.0948. The standard InChI is InChI=1S/C24H25N3O4S/c1-16-21(17(2)31-25-16)22(28)26-10-11-30-24(15-26)20(18-7-4-3-5-8-18)14-27(23(24)29)13-19-9-6-12-32-19/h3-9,12,20H,10-11,13-15H2,1-2H3/t20-,24-/m0/s1. The molecule has 0 bridgehead atoms. The van der Waals surface area contributed by atoms with Gasteiger partial charge in [-0.2, -0.15) is 0 Å². The summed E-state index contributed by atoms with van der Waals surface area (Å²) in [6.07, 6.45) is 0. The molecule has 7 nitrogen and oxygen atoms in total. The van der Waals surface area contributed by atoms with Gasteiger partial charge in [0.15, 0.2) is 5.60 Å². The van der Waals surface area contributed by atoms with Crippen molar-refractivity contribution < 1.29 is 18.8 Å². The number of aryl methyl sites for hydroxylation is 2. The van der Waals surface area contributed by atoms with E-state index in [1.807, 2.05) is 52.7 Å². The fraction of sp³-hybridized carbons (Fsp3) is 0.375. The van der Waals surface area contributed by atoms with Crippen molar-refractivity contribution in [2.45, 2.75) is 31.9 Å². The number of aromatic nitrogens is 1. The fourth-order valence-electron chi connectivity index (χ4n) is 4.86. The van der Waals surface area contributed by atoms with E-state index in [1.165, 1.54) is 0 Å². The minimum atomic E-state index is -1.11. The Hall–Kier alpha value is -2.97. The number of ether oxygens (including phenoxy) is 1. The van der Waals surface area contributed by atoms with Crippen LogP contribution in [0.5, 0.6) is 0 Å². The first-order chi connectivity index (χ1) is 15.5. The van der Waals surface area contributed by atoms with Crippen LogP contribution in [0.3, 0.4) is 0 Å². The molecule has 3 aromatic rings. The monoisotopic (exact) mass is 451 g/mol. The van der Waals surface area contributed by atoms with Crippen molar-refractivity contribution in [2.75, 3.05) is 26.2 Å². The Balaban J connectivity index is 1.49. The number of carbonyl (C=O) groups excluding carboxylic acids is 2. The van der Waals surface area contributed by atoms with Gasteiger partial charge in [-0.15, -0.1) is 11.3 Å². The van der Waals surface area contributed by atoms with E-state index in [0.29, 0.717) is 43.3 Å². The molecule has 0 unspecified atom stereocenters. The normalized spacial score (nSPS) is 23.3. The molecule has 0 aliphatic carbocycles. The van der Waals surface area contributed by atoms with Crippen LogP contribution in [0.15, 0.2) is 52.4 Å². The molecule has 8 heteroatoms. The molecule has 32 heavy (non-hydrogen) atoms. The van der Waals surface area contributed by atoms with Gasteiger partial charge in [0.1, 0.15) is 11.3 Å². The van der Waals surface area contributed by atoms with E-state index in [0.717, 1.165) is 10.4 Å². The van der Waals surface area contributed by atoms with E-state index in [4.69, 9.17) is 9.26 Å².